The molecule has 320 valence electrons. The summed E-state index contributed by atoms with van der Waals surface area (Å²) < 4.78 is 16.0. The third-order valence-corrected chi connectivity index (χ3v) is 13.6. The average molecular weight is 838 g/mol. The number of carbonyl (C=O) groups excluding carboxylic acids is 4. The normalized spacial score (nSPS) is 20.4. The Hall–Kier alpha value is -6.02. The number of imide groups is 1. The summed E-state index contributed by atoms with van der Waals surface area (Å²) in [4.78, 5) is 72.6. The van der Waals surface area contributed by atoms with Gasteiger partial charge in [0.15, 0.2) is 11.4 Å². The van der Waals surface area contributed by atoms with E-state index in [0.717, 1.165) is 136 Å². The molecule has 10 rings (SSSR count). The molecule has 13 nitrogen and oxygen atoms in total. The SMILES string of the molecule is CC(=O)CCC(C(=O)C1CC1)N1C(=O)c2ccc(N3CCC(CN4CCN(c5cccc(-c6cnc7ccc(N8CCC[C@@H]8c8cccc(F)c8)nn67)n5)CC4)CC3)cc2C1=O. The third kappa shape index (κ3) is 7.84. The van der Waals surface area contributed by atoms with Crippen LogP contribution in [-0.4, -0.2) is 111 Å². The van der Waals surface area contributed by atoms with Crippen LogP contribution >= 0.6 is 0 Å². The lowest BCUT2D eigenvalue weighted by Crippen LogP contribution is -2.49. The van der Waals surface area contributed by atoms with Gasteiger partial charge in [-0.1, -0.05) is 18.2 Å². The van der Waals surface area contributed by atoms with Crippen LogP contribution in [0.4, 0.5) is 21.7 Å². The fourth-order valence-electron chi connectivity index (χ4n) is 10.0. The van der Waals surface area contributed by atoms with Gasteiger partial charge in [-0.05, 0) is 118 Å². The van der Waals surface area contributed by atoms with Gasteiger partial charge < -0.3 is 19.5 Å². The van der Waals surface area contributed by atoms with Gasteiger partial charge in [0, 0.05) is 70.4 Å². The van der Waals surface area contributed by atoms with Crippen LogP contribution in [0, 0.1) is 17.7 Å². The molecular formula is C48H52FN9O4. The highest BCUT2D eigenvalue weighted by molar-refractivity contribution is 6.23. The van der Waals surface area contributed by atoms with Crippen LogP contribution in [0.5, 0.6) is 0 Å². The van der Waals surface area contributed by atoms with Crippen molar-refractivity contribution >= 4 is 46.4 Å². The Balaban J connectivity index is 0.742. The van der Waals surface area contributed by atoms with Gasteiger partial charge in [0.2, 0.25) is 0 Å². The summed E-state index contributed by atoms with van der Waals surface area (Å²) in [5.74, 6) is 0.956. The Labute approximate surface area is 360 Å². The van der Waals surface area contributed by atoms with E-state index < -0.39 is 17.9 Å². The molecule has 0 bridgehead atoms. The maximum atomic E-state index is 14.1. The number of aromatic nitrogens is 4. The molecule has 0 N–H and O–H groups in total. The number of hydrogen-bond donors (Lipinski definition) is 0. The van der Waals surface area contributed by atoms with E-state index in [9.17, 15) is 23.6 Å². The van der Waals surface area contributed by atoms with Crippen LogP contribution in [-0.2, 0) is 9.59 Å². The van der Waals surface area contributed by atoms with Gasteiger partial charge in [-0.3, -0.25) is 24.2 Å². The summed E-state index contributed by atoms with van der Waals surface area (Å²) in [7, 11) is 0. The molecule has 3 saturated heterocycles. The molecule has 0 spiro atoms. The lowest BCUT2D eigenvalue weighted by atomic mass is 9.95. The van der Waals surface area contributed by atoms with Crippen LogP contribution in [0.15, 0.2) is 79.0 Å². The first kappa shape index (κ1) is 40.1. The molecule has 3 aromatic heterocycles. The molecule has 1 aliphatic carbocycles. The summed E-state index contributed by atoms with van der Waals surface area (Å²) in [5.41, 5.74) is 4.95. The van der Waals surface area contributed by atoms with E-state index in [1.807, 2.05) is 47.1 Å². The number of nitrogens with zero attached hydrogens (tertiary/aromatic N) is 9. The lowest BCUT2D eigenvalue weighted by Gasteiger charge is -2.39. The number of ketones is 2. The largest absolute Gasteiger partial charge is 0.371 e. The molecule has 2 atom stereocenters. The highest BCUT2D eigenvalue weighted by atomic mass is 19.1. The van der Waals surface area contributed by atoms with Gasteiger partial charge in [-0.25, -0.2) is 18.9 Å². The molecule has 7 heterocycles. The number of piperazine rings is 1. The number of carbonyl (C=O) groups is 4. The molecular weight excluding hydrogens is 786 g/mol. The van der Waals surface area contributed by atoms with E-state index in [1.165, 1.54) is 13.0 Å². The summed E-state index contributed by atoms with van der Waals surface area (Å²) in [6.45, 7) is 8.72. The molecule has 0 radical (unpaired) electrons. The van der Waals surface area contributed by atoms with Crippen molar-refractivity contribution in [2.45, 2.75) is 70.4 Å². The van der Waals surface area contributed by atoms with Crippen molar-refractivity contribution in [2.24, 2.45) is 11.8 Å². The first-order valence-electron chi connectivity index (χ1n) is 22.3. The number of amides is 2. The van der Waals surface area contributed by atoms with Crippen LogP contribution in [0.1, 0.15) is 90.6 Å². The number of hydrogen-bond acceptors (Lipinski definition) is 11. The second-order valence-electron chi connectivity index (χ2n) is 17.8. The van der Waals surface area contributed by atoms with Gasteiger partial charge in [0.1, 0.15) is 28.9 Å². The van der Waals surface area contributed by atoms with Crippen LogP contribution in [0.3, 0.4) is 0 Å². The number of piperidine rings is 1. The lowest BCUT2D eigenvalue weighted by molar-refractivity contribution is -0.124. The smallest absolute Gasteiger partial charge is 0.262 e. The van der Waals surface area contributed by atoms with Crippen molar-refractivity contribution in [2.75, 3.05) is 67.1 Å². The molecule has 62 heavy (non-hydrogen) atoms. The van der Waals surface area contributed by atoms with Gasteiger partial charge in [-0.15, -0.1) is 5.10 Å². The molecule has 1 unspecified atom stereocenters. The fraction of sp³-hybridized carbons (Fsp3) is 0.438. The number of fused-ring (bicyclic) bond motifs is 2. The summed E-state index contributed by atoms with van der Waals surface area (Å²) in [6, 6.07) is 21.7. The van der Waals surface area contributed by atoms with Gasteiger partial charge >= 0.3 is 0 Å². The zero-order chi connectivity index (χ0) is 42.5. The molecule has 5 aromatic rings. The number of Topliss-reactive ketones (excluding diaryl/α,β-unsaturated/α-hetero) is 2. The maximum absolute atomic E-state index is 14.1. The third-order valence-electron chi connectivity index (χ3n) is 13.6. The molecule has 14 heteroatoms. The van der Waals surface area contributed by atoms with E-state index in [0.29, 0.717) is 17.0 Å². The van der Waals surface area contributed by atoms with Crippen molar-refractivity contribution < 1.29 is 23.6 Å². The van der Waals surface area contributed by atoms with E-state index in [4.69, 9.17) is 10.1 Å². The molecule has 1 saturated carbocycles. The second kappa shape index (κ2) is 16.7. The minimum absolute atomic E-state index is 0.0621. The Morgan fingerprint density at radius 1 is 0.790 bits per heavy atom. The monoisotopic (exact) mass is 837 g/mol. The molecule has 4 aliphatic heterocycles. The van der Waals surface area contributed by atoms with Gasteiger partial charge in [0.25, 0.3) is 11.8 Å². The first-order valence-corrected chi connectivity index (χ1v) is 22.3. The van der Waals surface area contributed by atoms with E-state index in [-0.39, 0.29) is 42.2 Å². The minimum atomic E-state index is -0.888. The van der Waals surface area contributed by atoms with Gasteiger partial charge in [-0.2, -0.15) is 0 Å². The number of rotatable bonds is 13. The van der Waals surface area contributed by atoms with Crippen molar-refractivity contribution in [1.29, 1.82) is 0 Å². The zero-order valence-electron chi connectivity index (χ0n) is 35.2. The number of imidazole rings is 1. The zero-order valence-corrected chi connectivity index (χ0v) is 35.2. The van der Waals surface area contributed by atoms with Crippen molar-refractivity contribution in [3.8, 4) is 11.4 Å². The van der Waals surface area contributed by atoms with Crippen molar-refractivity contribution in [3.05, 3.63) is 102 Å². The van der Waals surface area contributed by atoms with Crippen molar-refractivity contribution in [1.82, 2.24) is 29.4 Å². The highest BCUT2D eigenvalue weighted by Crippen LogP contribution is 2.38. The second-order valence-corrected chi connectivity index (χ2v) is 17.8. The maximum Gasteiger partial charge on any atom is 0.262 e. The van der Waals surface area contributed by atoms with Gasteiger partial charge in [0.05, 0.1) is 35.1 Å². The molecule has 4 fully saturated rings. The van der Waals surface area contributed by atoms with Crippen LogP contribution < -0.4 is 14.7 Å². The molecule has 5 aliphatic rings. The summed E-state index contributed by atoms with van der Waals surface area (Å²) >= 11 is 0. The molecule has 2 amide bonds. The van der Waals surface area contributed by atoms with Crippen LogP contribution in [0.2, 0.25) is 0 Å². The van der Waals surface area contributed by atoms with E-state index in [1.54, 1.807) is 18.2 Å². The minimum Gasteiger partial charge on any atom is -0.371 e. The van der Waals surface area contributed by atoms with Crippen molar-refractivity contribution in [3.63, 3.8) is 0 Å². The van der Waals surface area contributed by atoms with E-state index >= 15 is 0 Å². The topological polar surface area (TPSA) is 128 Å². The number of benzene rings is 2. The Morgan fingerprint density at radius 3 is 2.35 bits per heavy atom. The first-order chi connectivity index (χ1) is 30.2. The Kier molecular flexibility index (Phi) is 10.8. The summed E-state index contributed by atoms with van der Waals surface area (Å²) in [6.07, 6.45) is 7.73. The quantitative estimate of drug-likeness (QED) is 0.119. The number of anilines is 3. The average Bonchev–Trinajstić information content (AvgIpc) is 3.78. The Morgan fingerprint density at radius 2 is 1.58 bits per heavy atom. The Bertz CT molecular complexity index is 2540. The van der Waals surface area contributed by atoms with E-state index in [2.05, 4.69) is 36.7 Å². The standard InChI is InChI=1S/C48H52FN9O4/c1-31(59)10-15-41(46(60)33-11-12-33)57-47(61)37-14-13-36(28-38(37)48(57)62)54-21-18-32(19-22-54)30-53-23-25-55(26-24-53)44-9-3-7-39(51-44)42-29-50-43-16-17-45(52-58(42)43)56-20-4-8-40(56)34-5-2-6-35(49)27-34/h2-3,5-7,9,13-14,16-17,27-29,32-33,40-41H,4,8,10-12,15,18-26,30H2,1H3/t40-,41?/m1/s1. The van der Waals surface area contributed by atoms with Crippen LogP contribution in [0.25, 0.3) is 17.0 Å². The number of halogens is 1. The predicted molar refractivity (Wildman–Crippen MR) is 234 cm³/mol. The number of pyridine rings is 1. The summed E-state index contributed by atoms with van der Waals surface area (Å²) in [5, 5.41) is 5.05. The predicted octanol–water partition coefficient (Wildman–Crippen LogP) is 6.62. The molecule has 2 aromatic carbocycles. The highest BCUT2D eigenvalue weighted by Gasteiger charge is 2.46. The fourth-order valence-corrected chi connectivity index (χ4v) is 10.0.